The molecule has 2 amide bonds. The molecular weight excluding hydrogens is 468 g/mol. The van der Waals surface area contributed by atoms with E-state index in [4.69, 9.17) is 4.74 Å². The third kappa shape index (κ3) is 7.47. The Morgan fingerprint density at radius 3 is 2.57 bits per heavy atom. The van der Waals surface area contributed by atoms with Crippen LogP contribution >= 0.6 is 11.3 Å². The highest BCUT2D eigenvalue weighted by atomic mass is 32.1. The molecule has 0 spiro atoms. The summed E-state index contributed by atoms with van der Waals surface area (Å²) in [5.74, 6) is -0.799. The number of thiazole rings is 1. The number of aromatic nitrogens is 1. The van der Waals surface area contributed by atoms with Crippen LogP contribution in [0, 0.1) is 11.8 Å². The van der Waals surface area contributed by atoms with Crippen LogP contribution in [0.3, 0.4) is 0 Å². The lowest BCUT2D eigenvalue weighted by molar-refractivity contribution is -0.141. The second kappa shape index (κ2) is 13.3. The Kier molecular flexibility index (Phi) is 11.1. The first-order valence-electron chi connectivity index (χ1n) is 12.5. The van der Waals surface area contributed by atoms with Crippen molar-refractivity contribution >= 4 is 29.1 Å². The van der Waals surface area contributed by atoms with Gasteiger partial charge in [0.1, 0.15) is 17.2 Å². The molecular formula is C25H42N4O5S. The van der Waals surface area contributed by atoms with Gasteiger partial charge >= 0.3 is 5.97 Å². The molecule has 1 aromatic heterocycles. The average molecular weight is 511 g/mol. The largest absolute Gasteiger partial charge is 0.464 e. The molecule has 0 radical (unpaired) electrons. The number of nitrogens with zero attached hydrogens (tertiary/aromatic N) is 3. The molecule has 2 N–H and O–H groups in total. The van der Waals surface area contributed by atoms with Gasteiger partial charge < -0.3 is 20.1 Å². The molecule has 0 saturated carbocycles. The predicted molar refractivity (Wildman–Crippen MR) is 136 cm³/mol. The van der Waals surface area contributed by atoms with Crippen LogP contribution < -0.4 is 5.32 Å². The number of rotatable bonds is 11. The second-order valence-electron chi connectivity index (χ2n) is 9.94. The Hall–Kier alpha value is -2.04. The maximum atomic E-state index is 13.7. The van der Waals surface area contributed by atoms with E-state index in [1.807, 2.05) is 34.7 Å². The number of carbonyl (C=O) groups is 3. The van der Waals surface area contributed by atoms with Gasteiger partial charge in [0.05, 0.1) is 13.2 Å². The standard InChI is InChI=1S/C25H42N4O5S/c1-8-16(4)21(27-22(31)18-11-9-10-12-28(18)5)24(32)29(6)19(15(2)3)13-20(30)23-26-17(14-35-23)25(33)34-7/h14-16,18-21,30H,8-13H2,1-7H3,(H,27,31)/t16-,18+,19+,20+,21?/m0/s1. The number of likely N-dealkylation sites (N-methyl/N-ethyl adjacent to an activating group) is 2. The summed E-state index contributed by atoms with van der Waals surface area (Å²) in [6.07, 6.45) is 2.95. The predicted octanol–water partition coefficient (Wildman–Crippen LogP) is 2.85. The van der Waals surface area contributed by atoms with Crippen LogP contribution in [0.1, 0.15) is 81.4 Å². The summed E-state index contributed by atoms with van der Waals surface area (Å²) in [4.78, 5) is 46.4. The summed E-state index contributed by atoms with van der Waals surface area (Å²) in [5, 5.41) is 15.9. The summed E-state index contributed by atoms with van der Waals surface area (Å²) >= 11 is 1.19. The first-order valence-corrected chi connectivity index (χ1v) is 13.4. The minimum atomic E-state index is -0.936. The van der Waals surface area contributed by atoms with Crippen LogP contribution in [0.25, 0.3) is 0 Å². The number of likely N-dealkylation sites (tertiary alicyclic amines) is 1. The fraction of sp³-hybridized carbons (Fsp3) is 0.760. The Labute approximate surface area is 213 Å². The average Bonchev–Trinajstić information content (AvgIpc) is 3.34. The van der Waals surface area contributed by atoms with Crippen molar-refractivity contribution in [2.45, 2.75) is 84.0 Å². The molecule has 0 aliphatic carbocycles. The Bertz CT molecular complexity index is 861. The van der Waals surface area contributed by atoms with Gasteiger partial charge in [0.2, 0.25) is 11.8 Å². The number of esters is 1. The normalized spacial score (nSPS) is 20.1. The van der Waals surface area contributed by atoms with E-state index in [-0.39, 0.29) is 47.8 Å². The monoisotopic (exact) mass is 510 g/mol. The van der Waals surface area contributed by atoms with Crippen molar-refractivity contribution in [3.8, 4) is 0 Å². The molecule has 10 heteroatoms. The number of hydrogen-bond donors (Lipinski definition) is 2. The first-order chi connectivity index (χ1) is 16.5. The van der Waals surface area contributed by atoms with Gasteiger partial charge in [0.25, 0.3) is 0 Å². The molecule has 5 atom stereocenters. The summed E-state index contributed by atoms with van der Waals surface area (Å²) in [7, 11) is 4.97. The molecule has 198 valence electrons. The van der Waals surface area contributed by atoms with Gasteiger partial charge in [-0.15, -0.1) is 11.3 Å². The quantitative estimate of drug-likeness (QED) is 0.440. The molecule has 9 nitrogen and oxygen atoms in total. The van der Waals surface area contributed by atoms with Gasteiger partial charge in [-0.1, -0.05) is 40.5 Å². The zero-order valence-corrected chi connectivity index (χ0v) is 22.9. The summed E-state index contributed by atoms with van der Waals surface area (Å²) in [5.41, 5.74) is 0.157. The highest BCUT2D eigenvalue weighted by molar-refractivity contribution is 7.09. The highest BCUT2D eigenvalue weighted by Crippen LogP contribution is 2.28. The Balaban J connectivity index is 2.16. The number of piperidine rings is 1. The lowest BCUT2D eigenvalue weighted by atomic mass is 9.92. The summed E-state index contributed by atoms with van der Waals surface area (Å²) in [6.45, 7) is 8.86. The van der Waals surface area contributed by atoms with Crippen LogP contribution in [0.2, 0.25) is 0 Å². The topological polar surface area (TPSA) is 112 Å². The molecule has 1 aromatic rings. The van der Waals surface area contributed by atoms with Gasteiger partial charge in [-0.05, 0) is 38.3 Å². The summed E-state index contributed by atoms with van der Waals surface area (Å²) < 4.78 is 4.69. The minimum Gasteiger partial charge on any atom is -0.464 e. The van der Waals surface area contributed by atoms with Crippen molar-refractivity contribution in [2.75, 3.05) is 27.7 Å². The van der Waals surface area contributed by atoms with Crippen LogP contribution in [-0.4, -0.2) is 83.5 Å². The van der Waals surface area contributed by atoms with Gasteiger partial charge in [-0.25, -0.2) is 9.78 Å². The molecule has 0 aromatic carbocycles. The van der Waals surface area contributed by atoms with E-state index >= 15 is 0 Å². The molecule has 1 fully saturated rings. The fourth-order valence-corrected chi connectivity index (χ4v) is 5.35. The zero-order valence-electron chi connectivity index (χ0n) is 22.1. The van der Waals surface area contributed by atoms with Crippen molar-refractivity contribution in [3.05, 3.63) is 16.1 Å². The smallest absolute Gasteiger partial charge is 0.357 e. The van der Waals surface area contributed by atoms with E-state index in [0.29, 0.717) is 5.01 Å². The molecule has 0 bridgehead atoms. The van der Waals surface area contributed by atoms with E-state index in [1.165, 1.54) is 18.4 Å². The number of methoxy groups -OCH3 is 1. The van der Waals surface area contributed by atoms with Gasteiger partial charge in [-0.3, -0.25) is 14.5 Å². The maximum Gasteiger partial charge on any atom is 0.357 e. The van der Waals surface area contributed by atoms with E-state index in [0.717, 1.165) is 32.2 Å². The van der Waals surface area contributed by atoms with Gasteiger partial charge in [-0.2, -0.15) is 0 Å². The number of ether oxygens (including phenoxy) is 1. The fourth-order valence-electron chi connectivity index (χ4n) is 4.57. The molecule has 1 aliphatic rings. The van der Waals surface area contributed by atoms with Crippen molar-refractivity contribution in [2.24, 2.45) is 11.8 Å². The highest BCUT2D eigenvalue weighted by Gasteiger charge is 2.36. The second-order valence-corrected chi connectivity index (χ2v) is 10.8. The van der Waals surface area contributed by atoms with Crippen LogP contribution in [-0.2, 0) is 14.3 Å². The lowest BCUT2D eigenvalue weighted by Crippen LogP contribution is -2.58. The number of aliphatic hydroxyl groups is 1. The van der Waals surface area contributed by atoms with Crippen molar-refractivity contribution in [1.82, 2.24) is 20.1 Å². The Morgan fingerprint density at radius 1 is 1.31 bits per heavy atom. The molecule has 1 aliphatic heterocycles. The first kappa shape index (κ1) is 29.2. The lowest BCUT2D eigenvalue weighted by Gasteiger charge is -2.38. The van der Waals surface area contributed by atoms with E-state index in [9.17, 15) is 19.5 Å². The molecule has 2 rings (SSSR count). The van der Waals surface area contributed by atoms with Gasteiger partial charge in [0.15, 0.2) is 5.69 Å². The SMILES string of the molecule is CC[C@H](C)C(NC(=O)[C@H]1CCCCN1C)C(=O)N(C)[C@H](C[C@@H](O)c1nc(C(=O)OC)cs1)C(C)C. The third-order valence-electron chi connectivity index (χ3n) is 7.13. The minimum absolute atomic E-state index is 0.0397. The number of nitrogens with one attached hydrogen (secondary N) is 1. The molecule has 2 heterocycles. The Morgan fingerprint density at radius 2 is 2.00 bits per heavy atom. The van der Waals surface area contributed by atoms with E-state index in [2.05, 4.69) is 15.2 Å². The van der Waals surface area contributed by atoms with E-state index in [1.54, 1.807) is 17.3 Å². The number of amides is 2. The maximum absolute atomic E-state index is 13.7. The van der Waals surface area contributed by atoms with Crippen molar-refractivity contribution in [3.63, 3.8) is 0 Å². The van der Waals surface area contributed by atoms with Crippen molar-refractivity contribution < 1.29 is 24.2 Å². The van der Waals surface area contributed by atoms with Crippen LogP contribution in [0.4, 0.5) is 0 Å². The number of carbonyl (C=O) groups excluding carboxylic acids is 3. The molecule has 1 unspecified atom stereocenters. The molecule has 35 heavy (non-hydrogen) atoms. The molecule has 1 saturated heterocycles. The van der Waals surface area contributed by atoms with Crippen LogP contribution in [0.15, 0.2) is 5.38 Å². The number of hydrogen-bond acceptors (Lipinski definition) is 8. The van der Waals surface area contributed by atoms with Gasteiger partial charge in [0, 0.05) is 24.9 Å². The number of aliphatic hydroxyl groups excluding tert-OH is 1. The third-order valence-corrected chi connectivity index (χ3v) is 8.08. The van der Waals surface area contributed by atoms with Crippen LogP contribution in [0.5, 0.6) is 0 Å². The zero-order chi connectivity index (χ0) is 26.3. The van der Waals surface area contributed by atoms with Crippen molar-refractivity contribution in [1.29, 1.82) is 0 Å². The van der Waals surface area contributed by atoms with E-state index < -0.39 is 18.1 Å². The summed E-state index contributed by atoms with van der Waals surface area (Å²) in [6, 6.07) is -1.15.